The molecule has 0 N–H and O–H groups in total. The molecule has 0 unspecified atom stereocenters. The SMILES string of the molecule is Cc1ccc(SOCCc2nc(-c3ccc(N4CCOCC4)cc3)oc2C)cc1. The summed E-state index contributed by atoms with van der Waals surface area (Å²) in [4.78, 5) is 8.13. The highest BCUT2D eigenvalue weighted by Crippen LogP contribution is 2.26. The van der Waals surface area contributed by atoms with Gasteiger partial charge in [0.1, 0.15) is 5.76 Å². The summed E-state index contributed by atoms with van der Waals surface area (Å²) in [5.41, 5.74) is 4.40. The van der Waals surface area contributed by atoms with E-state index in [9.17, 15) is 0 Å². The third kappa shape index (κ3) is 5.21. The van der Waals surface area contributed by atoms with Crippen LogP contribution in [0.4, 0.5) is 5.69 Å². The molecule has 3 aromatic rings. The standard InChI is InChI=1S/C23H26N2O3S/c1-17-3-9-21(10-4-17)29-27-14-11-22-18(2)28-23(24-22)19-5-7-20(8-6-19)25-12-15-26-16-13-25/h3-10H,11-16H2,1-2H3. The molecule has 1 saturated heterocycles. The Morgan fingerprint density at radius 2 is 1.72 bits per heavy atom. The number of ether oxygens (including phenoxy) is 1. The van der Waals surface area contributed by atoms with E-state index in [4.69, 9.17) is 13.3 Å². The Labute approximate surface area is 176 Å². The van der Waals surface area contributed by atoms with Gasteiger partial charge in [-0.3, -0.25) is 0 Å². The number of nitrogens with zero attached hydrogens (tertiary/aromatic N) is 2. The smallest absolute Gasteiger partial charge is 0.226 e. The predicted octanol–water partition coefficient (Wildman–Crippen LogP) is 5.06. The van der Waals surface area contributed by atoms with Crippen molar-refractivity contribution in [1.82, 2.24) is 4.98 Å². The van der Waals surface area contributed by atoms with Gasteiger partial charge in [-0.2, -0.15) is 0 Å². The van der Waals surface area contributed by atoms with Gasteiger partial charge in [0.15, 0.2) is 0 Å². The van der Waals surface area contributed by atoms with Gasteiger partial charge in [-0.15, -0.1) is 0 Å². The lowest BCUT2D eigenvalue weighted by atomic mass is 10.2. The van der Waals surface area contributed by atoms with Crippen molar-refractivity contribution in [2.45, 2.75) is 25.2 Å². The predicted molar refractivity (Wildman–Crippen MR) is 116 cm³/mol. The second-order valence-electron chi connectivity index (χ2n) is 7.14. The van der Waals surface area contributed by atoms with Gasteiger partial charge in [0, 0.05) is 47.7 Å². The molecule has 0 bridgehead atoms. The molecule has 1 aromatic heterocycles. The molecule has 1 aliphatic heterocycles. The number of oxazole rings is 1. The van der Waals surface area contributed by atoms with Crippen LogP contribution < -0.4 is 4.90 Å². The zero-order valence-corrected chi connectivity index (χ0v) is 17.7. The Morgan fingerprint density at radius 3 is 2.45 bits per heavy atom. The summed E-state index contributed by atoms with van der Waals surface area (Å²) in [6.45, 7) is 8.06. The molecule has 29 heavy (non-hydrogen) atoms. The number of hydrogen-bond donors (Lipinski definition) is 0. The van der Waals surface area contributed by atoms with Gasteiger partial charge >= 0.3 is 0 Å². The van der Waals surface area contributed by atoms with E-state index < -0.39 is 0 Å². The van der Waals surface area contributed by atoms with Crippen LogP contribution in [0.3, 0.4) is 0 Å². The number of aryl methyl sites for hydroxylation is 2. The summed E-state index contributed by atoms with van der Waals surface area (Å²) >= 11 is 1.40. The molecule has 1 fully saturated rings. The molecule has 0 amide bonds. The molecule has 0 radical (unpaired) electrons. The van der Waals surface area contributed by atoms with Crippen molar-refractivity contribution < 1.29 is 13.3 Å². The van der Waals surface area contributed by atoms with E-state index in [2.05, 4.69) is 65.3 Å². The molecule has 0 saturated carbocycles. The second kappa shape index (κ2) is 9.48. The minimum Gasteiger partial charge on any atom is -0.441 e. The van der Waals surface area contributed by atoms with Crippen molar-refractivity contribution in [3.63, 3.8) is 0 Å². The Bertz CT molecular complexity index is 916. The molecule has 6 heteroatoms. The van der Waals surface area contributed by atoms with Gasteiger partial charge in [-0.1, -0.05) is 17.7 Å². The second-order valence-corrected chi connectivity index (χ2v) is 8.01. The van der Waals surface area contributed by atoms with Crippen molar-refractivity contribution >= 4 is 17.7 Å². The number of anilines is 1. The van der Waals surface area contributed by atoms with E-state index in [1.54, 1.807) is 0 Å². The lowest BCUT2D eigenvalue weighted by molar-refractivity contribution is 0.122. The van der Waals surface area contributed by atoms with Crippen LogP contribution >= 0.6 is 12.0 Å². The highest BCUT2D eigenvalue weighted by molar-refractivity contribution is 7.94. The van der Waals surface area contributed by atoms with Crippen LogP contribution in [0.5, 0.6) is 0 Å². The van der Waals surface area contributed by atoms with Gasteiger partial charge in [0.05, 0.1) is 25.5 Å². The van der Waals surface area contributed by atoms with E-state index in [1.807, 2.05) is 6.92 Å². The molecule has 4 rings (SSSR count). The first-order valence-electron chi connectivity index (χ1n) is 9.94. The number of morpholine rings is 1. The van der Waals surface area contributed by atoms with Crippen LogP contribution in [0, 0.1) is 13.8 Å². The monoisotopic (exact) mass is 410 g/mol. The summed E-state index contributed by atoms with van der Waals surface area (Å²) in [7, 11) is 0. The molecule has 0 spiro atoms. The van der Waals surface area contributed by atoms with E-state index in [1.165, 1.54) is 23.3 Å². The maximum Gasteiger partial charge on any atom is 0.226 e. The van der Waals surface area contributed by atoms with Gasteiger partial charge in [0.25, 0.3) is 0 Å². The molecule has 2 heterocycles. The average molecular weight is 411 g/mol. The van der Waals surface area contributed by atoms with Crippen LogP contribution in [0.1, 0.15) is 17.0 Å². The van der Waals surface area contributed by atoms with E-state index in [-0.39, 0.29) is 0 Å². The van der Waals surface area contributed by atoms with E-state index >= 15 is 0 Å². The van der Waals surface area contributed by atoms with Gasteiger partial charge < -0.3 is 18.2 Å². The van der Waals surface area contributed by atoms with Crippen molar-refractivity contribution in [2.75, 3.05) is 37.8 Å². The molecule has 2 aromatic carbocycles. The summed E-state index contributed by atoms with van der Waals surface area (Å²) in [6, 6.07) is 16.7. The molecule has 1 aliphatic rings. The largest absolute Gasteiger partial charge is 0.441 e. The molecule has 0 atom stereocenters. The fraction of sp³-hybridized carbons (Fsp3) is 0.348. The van der Waals surface area contributed by atoms with Crippen LogP contribution in [-0.4, -0.2) is 37.9 Å². The summed E-state index contributed by atoms with van der Waals surface area (Å²) < 4.78 is 17.1. The summed E-state index contributed by atoms with van der Waals surface area (Å²) in [5, 5.41) is 0. The van der Waals surface area contributed by atoms with Gasteiger partial charge in [-0.25, -0.2) is 4.98 Å². The lowest BCUT2D eigenvalue weighted by Gasteiger charge is -2.28. The molecular weight excluding hydrogens is 384 g/mol. The lowest BCUT2D eigenvalue weighted by Crippen LogP contribution is -2.36. The highest BCUT2D eigenvalue weighted by Gasteiger charge is 2.14. The maximum absolute atomic E-state index is 5.91. The van der Waals surface area contributed by atoms with Crippen molar-refractivity contribution in [3.8, 4) is 11.5 Å². The first-order chi connectivity index (χ1) is 14.2. The molecule has 5 nitrogen and oxygen atoms in total. The summed E-state index contributed by atoms with van der Waals surface area (Å²) in [5.74, 6) is 1.51. The van der Waals surface area contributed by atoms with E-state index in [0.717, 1.165) is 54.6 Å². The van der Waals surface area contributed by atoms with Crippen LogP contribution in [0.25, 0.3) is 11.5 Å². The number of aromatic nitrogens is 1. The Balaban J connectivity index is 1.33. The number of benzene rings is 2. The van der Waals surface area contributed by atoms with Gasteiger partial charge in [-0.05, 0) is 50.2 Å². The van der Waals surface area contributed by atoms with Crippen LogP contribution in [0.15, 0.2) is 57.8 Å². The fourth-order valence-electron chi connectivity index (χ4n) is 3.26. The normalized spacial score (nSPS) is 14.3. The minimum atomic E-state index is 0.585. The average Bonchev–Trinajstić information content (AvgIpc) is 3.14. The Kier molecular flexibility index (Phi) is 6.54. The van der Waals surface area contributed by atoms with Crippen molar-refractivity contribution in [1.29, 1.82) is 0 Å². The Hall–Kier alpha value is -2.28. The van der Waals surface area contributed by atoms with Crippen molar-refractivity contribution in [3.05, 3.63) is 65.5 Å². The molecular formula is C23H26N2O3S. The fourth-order valence-corrected chi connectivity index (χ4v) is 3.81. The maximum atomic E-state index is 5.91. The third-order valence-corrected chi connectivity index (χ3v) is 5.73. The number of hydrogen-bond acceptors (Lipinski definition) is 6. The quantitative estimate of drug-likeness (QED) is 0.401. The van der Waals surface area contributed by atoms with E-state index in [0.29, 0.717) is 12.5 Å². The topological polar surface area (TPSA) is 47.7 Å². The van der Waals surface area contributed by atoms with Crippen LogP contribution in [-0.2, 0) is 15.3 Å². The minimum absolute atomic E-state index is 0.585. The highest BCUT2D eigenvalue weighted by atomic mass is 32.2. The molecule has 0 aliphatic carbocycles. The zero-order valence-electron chi connectivity index (χ0n) is 16.9. The first-order valence-corrected chi connectivity index (χ1v) is 10.7. The zero-order chi connectivity index (χ0) is 20.1. The summed E-state index contributed by atoms with van der Waals surface area (Å²) in [6.07, 6.45) is 0.722. The van der Waals surface area contributed by atoms with Gasteiger partial charge in [0.2, 0.25) is 5.89 Å². The van der Waals surface area contributed by atoms with Crippen molar-refractivity contribution in [2.24, 2.45) is 0 Å². The van der Waals surface area contributed by atoms with Crippen LogP contribution in [0.2, 0.25) is 0 Å². The Morgan fingerprint density at radius 1 is 1.00 bits per heavy atom. The number of rotatable bonds is 7. The first kappa shape index (κ1) is 20.0. The third-order valence-electron chi connectivity index (χ3n) is 4.98. The molecule has 152 valence electrons.